The third-order valence-corrected chi connectivity index (χ3v) is 10.9. The minimum Gasteiger partial charge on any atom is -0.657 e. The number of fused-ring (bicyclic) bond motifs is 8. The second-order valence-electron chi connectivity index (χ2n) is 14.6. The van der Waals surface area contributed by atoms with E-state index in [-0.39, 0.29) is 28.3 Å². The fraction of sp³-hybridized carbons (Fsp3) is 0.208. The Balaban J connectivity index is 0.00000455. The maximum atomic E-state index is 13.4. The zero-order chi connectivity index (χ0) is 37.8. The first-order valence-corrected chi connectivity index (χ1v) is 19.7. The van der Waals surface area contributed by atoms with E-state index >= 15 is 0 Å². The van der Waals surface area contributed by atoms with Crippen molar-refractivity contribution in [2.45, 2.75) is 38.5 Å². The number of piperidine rings is 2. The molecule has 5 aromatic rings. The third kappa shape index (κ3) is 7.98. The van der Waals surface area contributed by atoms with E-state index in [4.69, 9.17) is 19.9 Å². The van der Waals surface area contributed by atoms with E-state index in [1.165, 1.54) is 0 Å². The van der Waals surface area contributed by atoms with Crippen LogP contribution in [0.3, 0.4) is 0 Å². The summed E-state index contributed by atoms with van der Waals surface area (Å²) in [5.41, 5.74) is 11.1. The number of aromatic nitrogens is 4. The third-order valence-electron chi connectivity index (χ3n) is 10.9. The van der Waals surface area contributed by atoms with Gasteiger partial charge < -0.3 is 19.8 Å². The monoisotopic (exact) mass is 792 g/mol. The molecule has 4 aliphatic rings. The summed E-state index contributed by atoms with van der Waals surface area (Å²) in [5.74, 6) is -0.00604. The van der Waals surface area contributed by atoms with Crippen LogP contribution in [0.1, 0.15) is 72.4 Å². The average molecular weight is 794 g/mol. The van der Waals surface area contributed by atoms with E-state index in [0.717, 1.165) is 121 Å². The van der Waals surface area contributed by atoms with Gasteiger partial charge in [0.15, 0.2) is 0 Å². The van der Waals surface area contributed by atoms with Crippen LogP contribution >= 0.6 is 0 Å². The van der Waals surface area contributed by atoms with Crippen molar-refractivity contribution in [1.29, 1.82) is 0 Å². The van der Waals surface area contributed by atoms with E-state index < -0.39 is 0 Å². The second-order valence-corrected chi connectivity index (χ2v) is 14.6. The number of hydrogen-bond donors (Lipinski definition) is 0. The molecule has 9 rings (SSSR count). The van der Waals surface area contributed by atoms with Gasteiger partial charge in [-0.3, -0.25) is 9.59 Å². The predicted octanol–water partition coefficient (Wildman–Crippen LogP) is 9.30. The van der Waals surface area contributed by atoms with Gasteiger partial charge in [-0.15, -0.1) is 22.1 Å². The molecule has 0 spiro atoms. The van der Waals surface area contributed by atoms with Crippen LogP contribution in [0.5, 0.6) is 0 Å². The number of carbonyl (C=O) groups is 2. The summed E-state index contributed by atoms with van der Waals surface area (Å²) < 4.78 is 0. The summed E-state index contributed by atoms with van der Waals surface area (Å²) in [6.07, 6.45) is 21.5. The summed E-state index contributed by atoms with van der Waals surface area (Å²) in [6.45, 7) is 3.09. The average Bonchev–Trinajstić information content (AvgIpc) is 4.10. The molecule has 57 heavy (non-hydrogen) atoms. The van der Waals surface area contributed by atoms with E-state index in [9.17, 15) is 9.59 Å². The van der Waals surface area contributed by atoms with Crippen LogP contribution in [0.2, 0.25) is 0 Å². The zero-order valence-corrected chi connectivity index (χ0v) is 32.6. The molecule has 2 amide bonds. The summed E-state index contributed by atoms with van der Waals surface area (Å²) in [7, 11) is 0. The van der Waals surface area contributed by atoms with Gasteiger partial charge in [0.25, 0.3) is 0 Å². The Kier molecular flexibility index (Phi) is 11.3. The molecule has 0 radical (unpaired) electrons. The van der Waals surface area contributed by atoms with Gasteiger partial charge in [-0.05, 0) is 108 Å². The summed E-state index contributed by atoms with van der Waals surface area (Å²) >= 11 is 0. The first-order valence-electron chi connectivity index (χ1n) is 19.7. The first kappa shape index (κ1) is 37.9. The molecule has 2 fully saturated rings. The smallest absolute Gasteiger partial charge is 0.657 e. The van der Waals surface area contributed by atoms with Crippen molar-refractivity contribution in [1.82, 2.24) is 29.7 Å². The quantitative estimate of drug-likeness (QED) is 0.123. The zero-order valence-electron chi connectivity index (χ0n) is 31.6. The van der Waals surface area contributed by atoms with Crippen LogP contribution in [-0.2, 0) is 26.1 Å². The Labute approximate surface area is 342 Å². The van der Waals surface area contributed by atoms with E-state index in [1.54, 1.807) is 12.2 Å². The molecule has 3 aromatic heterocycles. The van der Waals surface area contributed by atoms with Crippen LogP contribution in [0, 0.1) is 0 Å². The van der Waals surface area contributed by atoms with E-state index in [1.807, 2.05) is 107 Å². The van der Waals surface area contributed by atoms with Gasteiger partial charge in [0.05, 0.1) is 22.8 Å². The molecule has 9 heteroatoms. The largest absolute Gasteiger partial charge is 2.00 e. The Morgan fingerprint density at radius 2 is 0.842 bits per heavy atom. The molecule has 0 N–H and O–H groups in total. The van der Waals surface area contributed by atoms with Crippen LogP contribution in [0.4, 0.5) is 0 Å². The maximum absolute atomic E-state index is 13.4. The summed E-state index contributed by atoms with van der Waals surface area (Å²) in [6, 6.07) is 28.3. The maximum Gasteiger partial charge on any atom is 2.00 e. The molecule has 2 saturated heterocycles. The number of nitrogens with zero attached hydrogens (tertiary/aromatic N) is 6. The van der Waals surface area contributed by atoms with Gasteiger partial charge in [0.2, 0.25) is 11.8 Å². The molecule has 7 heterocycles. The normalized spacial score (nSPS) is 15.4. The molecule has 4 aliphatic heterocycles. The fourth-order valence-corrected chi connectivity index (χ4v) is 8.02. The van der Waals surface area contributed by atoms with Crippen LogP contribution in [-0.4, -0.2) is 57.8 Å². The van der Waals surface area contributed by atoms with Gasteiger partial charge >= 0.3 is 16.5 Å². The minimum absolute atomic E-state index is 0. The Morgan fingerprint density at radius 1 is 0.474 bits per heavy atom. The summed E-state index contributed by atoms with van der Waals surface area (Å²) in [5, 5.41) is 0. The molecule has 286 valence electrons. The van der Waals surface area contributed by atoms with Crippen LogP contribution < -0.4 is 9.97 Å². The molecule has 0 unspecified atom stereocenters. The molecular weight excluding hydrogens is 751 g/mol. The van der Waals surface area contributed by atoms with Crippen molar-refractivity contribution in [2.24, 2.45) is 0 Å². The standard InChI is InChI=1S/C48H43N6O2.Ni/c55-45(53-29-9-3-10-30-53)27-17-35-37-19-23-41(49-37)47(33-13-5-1-6-14-33)42-24-20-38(50-42)36(18-28-46(56)54-31-11-4-12-32-54)40-22-26-44(52-40)48(34-15-7-2-8-16-34)43-25-21-39(35)51-43;/h1-2,5-8,13-28H,3-4,9-12,29-32H2,(H-,49,50,51,52,55,56);/q-1;+2/p-1. The van der Waals surface area contributed by atoms with Crippen LogP contribution in [0.25, 0.3) is 80.8 Å². The SMILES string of the molecule is O=C(/C=C/c1c2nc(c(-c3ccccc3)c3ccc([n-]3)c(/C=C/C(=O)N3CCCCC3)c3nc(c(-c4ccccc4)c4ccc1[n-]4)C=C3)C=C2)N1CCCCC1.[Ni+2]. The molecule has 8 nitrogen and oxygen atoms in total. The van der Waals surface area contributed by atoms with Gasteiger partial charge in [-0.2, -0.15) is 0 Å². The number of hydrogen-bond acceptors (Lipinski definition) is 4. The molecule has 0 saturated carbocycles. The van der Waals surface area contributed by atoms with Gasteiger partial charge in [0, 0.05) is 38.3 Å². The van der Waals surface area contributed by atoms with Crippen molar-refractivity contribution < 1.29 is 26.1 Å². The number of carbonyl (C=O) groups excluding carboxylic acids is 2. The number of benzene rings is 2. The molecule has 0 aliphatic carbocycles. The number of amides is 2. The van der Waals surface area contributed by atoms with Crippen molar-refractivity contribution in [2.75, 3.05) is 26.2 Å². The Hall–Kier alpha value is -6.05. The van der Waals surface area contributed by atoms with Crippen molar-refractivity contribution in [3.05, 3.63) is 131 Å². The predicted molar refractivity (Wildman–Crippen MR) is 227 cm³/mol. The van der Waals surface area contributed by atoms with Crippen LogP contribution in [0.15, 0.2) is 97.1 Å². The van der Waals surface area contributed by atoms with Gasteiger partial charge in [-0.1, -0.05) is 84.9 Å². The number of rotatable bonds is 6. The molecular formula is C48H42N6NiO2. The molecule has 2 aromatic carbocycles. The molecule has 0 atom stereocenters. The second kappa shape index (κ2) is 17.0. The van der Waals surface area contributed by atoms with Crippen molar-refractivity contribution in [3.63, 3.8) is 0 Å². The Bertz CT molecular complexity index is 2410. The van der Waals surface area contributed by atoms with Crippen molar-refractivity contribution in [3.8, 4) is 22.3 Å². The minimum atomic E-state index is -0.00302. The van der Waals surface area contributed by atoms with Gasteiger partial charge in [-0.25, -0.2) is 9.97 Å². The first-order chi connectivity index (χ1) is 27.6. The van der Waals surface area contributed by atoms with E-state index in [2.05, 4.69) is 24.3 Å². The van der Waals surface area contributed by atoms with Crippen molar-refractivity contribution >= 4 is 70.3 Å². The Morgan fingerprint density at radius 3 is 1.25 bits per heavy atom. The topological polar surface area (TPSA) is 94.6 Å². The van der Waals surface area contributed by atoms with E-state index in [0.29, 0.717) is 22.4 Å². The number of likely N-dealkylation sites (tertiary alicyclic amines) is 2. The fourth-order valence-electron chi connectivity index (χ4n) is 8.02. The summed E-state index contributed by atoms with van der Waals surface area (Å²) in [4.78, 5) is 51.7. The molecule has 8 bridgehead atoms. The van der Waals surface area contributed by atoms with Gasteiger partial charge in [0.1, 0.15) is 0 Å².